The van der Waals surface area contributed by atoms with Crippen LogP contribution in [-0.4, -0.2) is 36.7 Å². The van der Waals surface area contributed by atoms with E-state index in [0.29, 0.717) is 29.9 Å². The molecule has 4 rings (SSSR count). The number of ether oxygens (including phenoxy) is 1. The van der Waals surface area contributed by atoms with Crippen LogP contribution >= 0.6 is 0 Å². The van der Waals surface area contributed by atoms with E-state index in [1.165, 1.54) is 6.07 Å². The summed E-state index contributed by atoms with van der Waals surface area (Å²) < 4.78 is 5.22. The third-order valence-corrected chi connectivity index (χ3v) is 5.88. The second kappa shape index (κ2) is 10.3. The van der Waals surface area contributed by atoms with Crippen molar-refractivity contribution in [3.8, 4) is 0 Å². The highest BCUT2D eigenvalue weighted by Crippen LogP contribution is 2.24. The van der Waals surface area contributed by atoms with E-state index in [1.54, 1.807) is 47.4 Å². The third kappa shape index (κ3) is 5.46. The number of nitrogens with zero attached hydrogens (tertiary/aromatic N) is 1. The van der Waals surface area contributed by atoms with Gasteiger partial charge in [0.1, 0.15) is 0 Å². The van der Waals surface area contributed by atoms with Gasteiger partial charge in [-0.25, -0.2) is 4.79 Å². The summed E-state index contributed by atoms with van der Waals surface area (Å²) in [5, 5.41) is 2.68. The second-order valence-corrected chi connectivity index (χ2v) is 8.52. The van der Waals surface area contributed by atoms with Crippen LogP contribution in [0.3, 0.4) is 0 Å². The van der Waals surface area contributed by atoms with Crippen LogP contribution in [-0.2, 0) is 14.3 Å². The highest BCUT2D eigenvalue weighted by molar-refractivity contribution is 6.15. The SMILES string of the molecule is Cc1ccc(C)c(C(=O)c2ccccc2C(=O)OCC(=O)Nc2cccc(N3CCCC3=O)c2)c1. The van der Waals surface area contributed by atoms with Crippen molar-refractivity contribution in [3.05, 3.63) is 94.5 Å². The monoisotopic (exact) mass is 470 g/mol. The second-order valence-electron chi connectivity index (χ2n) is 8.52. The van der Waals surface area contributed by atoms with Gasteiger partial charge in [-0.15, -0.1) is 0 Å². The predicted molar refractivity (Wildman–Crippen MR) is 133 cm³/mol. The minimum Gasteiger partial charge on any atom is -0.452 e. The van der Waals surface area contributed by atoms with Crippen LogP contribution in [0.25, 0.3) is 0 Å². The number of hydrogen-bond acceptors (Lipinski definition) is 5. The zero-order valence-electron chi connectivity index (χ0n) is 19.7. The lowest BCUT2D eigenvalue weighted by Crippen LogP contribution is -2.24. The number of esters is 1. The number of anilines is 2. The number of hydrogen-bond donors (Lipinski definition) is 1. The van der Waals surface area contributed by atoms with Gasteiger partial charge in [-0.1, -0.05) is 42.0 Å². The molecular formula is C28H26N2O5. The largest absolute Gasteiger partial charge is 0.452 e. The lowest BCUT2D eigenvalue weighted by molar-refractivity contribution is -0.119. The highest BCUT2D eigenvalue weighted by Gasteiger charge is 2.23. The molecule has 35 heavy (non-hydrogen) atoms. The average Bonchev–Trinajstić information content (AvgIpc) is 3.29. The Morgan fingerprint density at radius 1 is 0.914 bits per heavy atom. The molecule has 1 saturated heterocycles. The van der Waals surface area contributed by atoms with E-state index in [2.05, 4.69) is 5.32 Å². The zero-order valence-corrected chi connectivity index (χ0v) is 19.7. The molecule has 0 bridgehead atoms. The van der Waals surface area contributed by atoms with Crippen LogP contribution in [0, 0.1) is 13.8 Å². The van der Waals surface area contributed by atoms with Crippen molar-refractivity contribution in [2.24, 2.45) is 0 Å². The number of carbonyl (C=O) groups excluding carboxylic acids is 4. The van der Waals surface area contributed by atoms with Crippen molar-refractivity contribution in [2.75, 3.05) is 23.4 Å². The molecule has 0 aliphatic carbocycles. The van der Waals surface area contributed by atoms with Crippen LogP contribution in [0.5, 0.6) is 0 Å². The maximum atomic E-state index is 13.2. The lowest BCUT2D eigenvalue weighted by atomic mass is 9.94. The van der Waals surface area contributed by atoms with Crippen LogP contribution in [0.1, 0.15) is 50.2 Å². The van der Waals surface area contributed by atoms with Crippen LogP contribution in [0.2, 0.25) is 0 Å². The molecule has 0 aromatic heterocycles. The smallest absolute Gasteiger partial charge is 0.339 e. The third-order valence-electron chi connectivity index (χ3n) is 5.88. The van der Waals surface area contributed by atoms with Crippen molar-refractivity contribution in [3.63, 3.8) is 0 Å². The minimum absolute atomic E-state index is 0.0523. The molecule has 1 heterocycles. The Balaban J connectivity index is 1.42. The summed E-state index contributed by atoms with van der Waals surface area (Å²) in [5.41, 5.74) is 3.78. The number of nitrogens with one attached hydrogen (secondary N) is 1. The van der Waals surface area contributed by atoms with Crippen molar-refractivity contribution in [2.45, 2.75) is 26.7 Å². The molecule has 1 aliphatic heterocycles. The van der Waals surface area contributed by atoms with Crippen molar-refractivity contribution in [1.82, 2.24) is 0 Å². The highest BCUT2D eigenvalue weighted by atomic mass is 16.5. The summed E-state index contributed by atoms with van der Waals surface area (Å²) >= 11 is 0. The van der Waals surface area contributed by atoms with Crippen molar-refractivity contribution >= 4 is 34.9 Å². The summed E-state index contributed by atoms with van der Waals surface area (Å²) in [6.07, 6.45) is 1.32. The molecule has 2 amide bonds. The molecule has 1 N–H and O–H groups in total. The summed E-state index contributed by atoms with van der Waals surface area (Å²) in [6, 6.07) is 18.9. The molecule has 0 spiro atoms. The van der Waals surface area contributed by atoms with Gasteiger partial charge < -0.3 is 15.0 Å². The van der Waals surface area contributed by atoms with Crippen molar-refractivity contribution < 1.29 is 23.9 Å². The van der Waals surface area contributed by atoms with Gasteiger partial charge >= 0.3 is 5.97 Å². The van der Waals surface area contributed by atoms with E-state index in [9.17, 15) is 19.2 Å². The maximum Gasteiger partial charge on any atom is 0.339 e. The van der Waals surface area contributed by atoms with Gasteiger partial charge in [0.15, 0.2) is 12.4 Å². The van der Waals surface area contributed by atoms with Crippen LogP contribution < -0.4 is 10.2 Å². The van der Waals surface area contributed by atoms with Gasteiger partial charge in [-0.05, 0) is 56.2 Å². The van der Waals surface area contributed by atoms with Gasteiger partial charge in [0.2, 0.25) is 5.91 Å². The summed E-state index contributed by atoms with van der Waals surface area (Å²) in [5.74, 6) is -1.51. The number of benzene rings is 3. The quantitative estimate of drug-likeness (QED) is 0.407. The normalized spacial score (nSPS) is 13.0. The molecule has 1 aliphatic rings. The predicted octanol–water partition coefficient (Wildman–Crippen LogP) is 4.46. The first-order chi connectivity index (χ1) is 16.8. The first-order valence-corrected chi connectivity index (χ1v) is 11.4. The lowest BCUT2D eigenvalue weighted by Gasteiger charge is -2.16. The Morgan fingerprint density at radius 3 is 2.43 bits per heavy atom. The number of carbonyl (C=O) groups is 4. The van der Waals surface area contributed by atoms with E-state index in [-0.39, 0.29) is 22.8 Å². The zero-order chi connectivity index (χ0) is 24.9. The molecule has 0 unspecified atom stereocenters. The Kier molecular flexibility index (Phi) is 7.06. The van der Waals surface area contributed by atoms with E-state index in [4.69, 9.17) is 4.74 Å². The Labute approximate surface area is 203 Å². The molecule has 7 nitrogen and oxygen atoms in total. The van der Waals surface area contributed by atoms with Gasteiger partial charge in [0.05, 0.1) is 5.56 Å². The fourth-order valence-corrected chi connectivity index (χ4v) is 4.06. The molecule has 3 aromatic carbocycles. The van der Waals surface area contributed by atoms with E-state index in [1.807, 2.05) is 32.0 Å². The molecule has 3 aromatic rings. The van der Waals surface area contributed by atoms with Crippen molar-refractivity contribution in [1.29, 1.82) is 0 Å². The van der Waals surface area contributed by atoms with E-state index < -0.39 is 18.5 Å². The number of amides is 2. The summed E-state index contributed by atoms with van der Waals surface area (Å²) in [6.45, 7) is 3.87. The Hall–Kier alpha value is -4.26. The topological polar surface area (TPSA) is 92.8 Å². The Morgan fingerprint density at radius 2 is 1.69 bits per heavy atom. The minimum atomic E-state index is -0.758. The fraction of sp³-hybridized carbons (Fsp3) is 0.214. The fourth-order valence-electron chi connectivity index (χ4n) is 4.06. The van der Waals surface area contributed by atoms with Gasteiger partial charge in [-0.2, -0.15) is 0 Å². The molecule has 0 radical (unpaired) electrons. The number of ketones is 1. The first-order valence-electron chi connectivity index (χ1n) is 11.4. The molecule has 7 heteroatoms. The van der Waals surface area contributed by atoms with Crippen LogP contribution in [0.15, 0.2) is 66.7 Å². The maximum absolute atomic E-state index is 13.2. The summed E-state index contributed by atoms with van der Waals surface area (Å²) in [4.78, 5) is 52.0. The summed E-state index contributed by atoms with van der Waals surface area (Å²) in [7, 11) is 0. The average molecular weight is 471 g/mol. The van der Waals surface area contributed by atoms with E-state index in [0.717, 1.165) is 17.5 Å². The van der Waals surface area contributed by atoms with E-state index >= 15 is 0 Å². The number of aryl methyl sites for hydroxylation is 2. The number of rotatable bonds is 7. The molecule has 178 valence electrons. The molecular weight excluding hydrogens is 444 g/mol. The standard InChI is InChI=1S/C28H26N2O5/c1-18-12-13-19(2)24(15-18)27(33)22-9-3-4-10-23(22)28(34)35-17-25(31)29-20-7-5-8-21(16-20)30-14-6-11-26(30)32/h3-5,7-10,12-13,15-16H,6,11,14,17H2,1-2H3,(H,29,31). The molecule has 1 fully saturated rings. The Bertz CT molecular complexity index is 1310. The first kappa shape index (κ1) is 23.9. The van der Waals surface area contributed by atoms with Crippen LogP contribution in [0.4, 0.5) is 11.4 Å². The molecule has 0 atom stereocenters. The van der Waals surface area contributed by atoms with Gasteiger partial charge in [0.25, 0.3) is 5.91 Å². The van der Waals surface area contributed by atoms with Gasteiger partial charge in [0, 0.05) is 35.5 Å². The molecule has 0 saturated carbocycles. The van der Waals surface area contributed by atoms with Gasteiger partial charge in [-0.3, -0.25) is 14.4 Å².